The van der Waals surface area contributed by atoms with Crippen LogP contribution >= 0.6 is 31.9 Å². The molecule has 0 bridgehead atoms. The first kappa shape index (κ1) is 24.3. The van der Waals surface area contributed by atoms with Gasteiger partial charge in [0, 0.05) is 23.7 Å². The molecule has 2 aromatic rings. The predicted molar refractivity (Wildman–Crippen MR) is 130 cm³/mol. The minimum absolute atomic E-state index is 0.157. The highest BCUT2D eigenvalue weighted by molar-refractivity contribution is 9.09. The van der Waals surface area contributed by atoms with Gasteiger partial charge in [0.2, 0.25) is 0 Å². The SMILES string of the molecule is O=C1c2ccccc2C(=O)N1CCCCBr.O=C1c2ccccc2C(=O)N1CCCCBr. The topological polar surface area (TPSA) is 74.8 Å². The minimum atomic E-state index is -0.157. The molecule has 4 rings (SSSR count). The van der Waals surface area contributed by atoms with Gasteiger partial charge >= 0.3 is 0 Å². The third kappa shape index (κ3) is 5.18. The maximum absolute atomic E-state index is 11.9. The zero-order valence-electron chi connectivity index (χ0n) is 17.6. The van der Waals surface area contributed by atoms with Crippen molar-refractivity contribution in [3.8, 4) is 0 Å². The van der Waals surface area contributed by atoms with Gasteiger partial charge in [-0.15, -0.1) is 0 Å². The molecule has 0 fully saturated rings. The normalized spacial score (nSPS) is 14.4. The molecule has 8 heteroatoms. The molecule has 32 heavy (non-hydrogen) atoms. The van der Waals surface area contributed by atoms with E-state index >= 15 is 0 Å². The van der Waals surface area contributed by atoms with E-state index in [0.717, 1.165) is 36.3 Å². The molecule has 168 valence electrons. The lowest BCUT2D eigenvalue weighted by molar-refractivity contribution is 0.0637. The molecule has 4 amide bonds. The Labute approximate surface area is 204 Å². The molecule has 0 unspecified atom stereocenters. The van der Waals surface area contributed by atoms with Crippen LogP contribution in [0.15, 0.2) is 48.5 Å². The Balaban J connectivity index is 0.000000181. The number of halogens is 2. The van der Waals surface area contributed by atoms with Crippen LogP contribution in [0.4, 0.5) is 0 Å². The number of alkyl halides is 2. The smallest absolute Gasteiger partial charge is 0.261 e. The Kier molecular flexibility index (Phi) is 8.75. The van der Waals surface area contributed by atoms with Crippen LogP contribution < -0.4 is 0 Å². The minimum Gasteiger partial charge on any atom is -0.274 e. The summed E-state index contributed by atoms with van der Waals surface area (Å²) in [5.41, 5.74) is 2.13. The maximum atomic E-state index is 11.9. The van der Waals surface area contributed by atoms with Crippen molar-refractivity contribution < 1.29 is 19.2 Å². The fraction of sp³-hybridized carbons (Fsp3) is 0.333. The van der Waals surface area contributed by atoms with Crippen molar-refractivity contribution in [2.75, 3.05) is 23.7 Å². The van der Waals surface area contributed by atoms with Crippen LogP contribution in [0.1, 0.15) is 67.1 Å². The van der Waals surface area contributed by atoms with Crippen molar-refractivity contribution >= 4 is 55.5 Å². The average Bonchev–Trinajstić information content (AvgIpc) is 3.21. The number of unbranched alkanes of at least 4 members (excludes halogenated alkanes) is 2. The molecule has 0 saturated carbocycles. The monoisotopic (exact) mass is 562 g/mol. The second-order valence-corrected chi connectivity index (χ2v) is 8.99. The van der Waals surface area contributed by atoms with Crippen LogP contribution in [0.5, 0.6) is 0 Å². The third-order valence-electron chi connectivity index (χ3n) is 5.29. The van der Waals surface area contributed by atoms with Crippen molar-refractivity contribution in [2.45, 2.75) is 25.7 Å². The Bertz CT molecular complexity index is 873. The number of amides is 4. The number of hydrogen-bond acceptors (Lipinski definition) is 4. The third-order valence-corrected chi connectivity index (χ3v) is 6.41. The number of rotatable bonds is 8. The summed E-state index contributed by atoms with van der Waals surface area (Å²) in [6.07, 6.45) is 3.62. The summed E-state index contributed by atoms with van der Waals surface area (Å²) in [6, 6.07) is 14.0. The van der Waals surface area contributed by atoms with Crippen LogP contribution in [0, 0.1) is 0 Å². The van der Waals surface area contributed by atoms with E-state index in [1.54, 1.807) is 48.5 Å². The van der Waals surface area contributed by atoms with Crippen LogP contribution in [-0.2, 0) is 0 Å². The van der Waals surface area contributed by atoms with Crippen LogP contribution in [0.25, 0.3) is 0 Å². The number of imide groups is 2. The number of hydrogen-bond donors (Lipinski definition) is 0. The van der Waals surface area contributed by atoms with E-state index in [9.17, 15) is 19.2 Å². The standard InChI is InChI=1S/2C12H12BrNO2/c2*13-7-3-4-8-14-11(15)9-5-1-2-6-10(9)12(14)16/h2*1-2,5-6H,3-4,7-8H2. The number of carbonyl (C=O) groups excluding carboxylic acids is 4. The van der Waals surface area contributed by atoms with Crippen LogP contribution in [-0.4, -0.2) is 57.2 Å². The summed E-state index contributed by atoms with van der Waals surface area (Å²) in [7, 11) is 0. The van der Waals surface area contributed by atoms with Gasteiger partial charge in [-0.2, -0.15) is 0 Å². The molecule has 6 nitrogen and oxygen atoms in total. The van der Waals surface area contributed by atoms with Crippen molar-refractivity contribution in [2.24, 2.45) is 0 Å². The predicted octanol–water partition coefficient (Wildman–Crippen LogP) is 4.92. The van der Waals surface area contributed by atoms with E-state index < -0.39 is 0 Å². The maximum Gasteiger partial charge on any atom is 0.261 e. The molecule has 0 saturated heterocycles. The number of benzene rings is 2. The van der Waals surface area contributed by atoms with Gasteiger partial charge in [-0.3, -0.25) is 29.0 Å². The van der Waals surface area contributed by atoms with Gasteiger partial charge in [0.05, 0.1) is 22.3 Å². The lowest BCUT2D eigenvalue weighted by Gasteiger charge is -2.12. The molecule has 2 aromatic carbocycles. The molecule has 2 heterocycles. The van der Waals surface area contributed by atoms with E-state index in [1.807, 2.05) is 0 Å². The summed E-state index contributed by atoms with van der Waals surface area (Å²) >= 11 is 6.66. The summed E-state index contributed by atoms with van der Waals surface area (Å²) in [5.74, 6) is -0.629. The number of nitrogens with zero attached hydrogens (tertiary/aromatic N) is 2. The largest absolute Gasteiger partial charge is 0.274 e. The molecular weight excluding hydrogens is 540 g/mol. The zero-order valence-corrected chi connectivity index (χ0v) is 20.7. The Hall–Kier alpha value is -2.32. The Morgan fingerprint density at radius 1 is 0.500 bits per heavy atom. The van der Waals surface area contributed by atoms with Gasteiger partial charge in [0.1, 0.15) is 0 Å². The number of carbonyl (C=O) groups is 4. The van der Waals surface area contributed by atoms with Crippen molar-refractivity contribution in [1.82, 2.24) is 9.80 Å². The molecular formula is C24H24Br2N2O4. The highest BCUT2D eigenvalue weighted by Crippen LogP contribution is 2.23. The highest BCUT2D eigenvalue weighted by Gasteiger charge is 2.35. The fourth-order valence-electron chi connectivity index (χ4n) is 3.61. The molecule has 0 N–H and O–H groups in total. The lowest BCUT2D eigenvalue weighted by Crippen LogP contribution is -2.30. The van der Waals surface area contributed by atoms with Gasteiger partial charge in [0.25, 0.3) is 23.6 Å². The summed E-state index contributed by atoms with van der Waals surface area (Å²) < 4.78 is 0. The first-order valence-electron chi connectivity index (χ1n) is 10.5. The molecule has 0 radical (unpaired) electrons. The van der Waals surface area contributed by atoms with Crippen LogP contribution in [0.3, 0.4) is 0 Å². The van der Waals surface area contributed by atoms with E-state index in [0.29, 0.717) is 35.3 Å². The van der Waals surface area contributed by atoms with E-state index in [2.05, 4.69) is 31.9 Å². The second-order valence-electron chi connectivity index (χ2n) is 7.41. The zero-order chi connectivity index (χ0) is 23.1. The van der Waals surface area contributed by atoms with Crippen molar-refractivity contribution in [3.63, 3.8) is 0 Å². The van der Waals surface area contributed by atoms with Gasteiger partial charge in [0.15, 0.2) is 0 Å². The number of fused-ring (bicyclic) bond motifs is 2. The highest BCUT2D eigenvalue weighted by atomic mass is 79.9. The summed E-state index contributed by atoms with van der Waals surface area (Å²) in [5, 5.41) is 1.80. The average molecular weight is 564 g/mol. The Morgan fingerprint density at radius 2 is 0.781 bits per heavy atom. The van der Waals surface area contributed by atoms with Crippen molar-refractivity contribution in [3.05, 3.63) is 70.8 Å². The van der Waals surface area contributed by atoms with Crippen LogP contribution in [0.2, 0.25) is 0 Å². The van der Waals surface area contributed by atoms with E-state index in [1.165, 1.54) is 9.80 Å². The fourth-order valence-corrected chi connectivity index (χ4v) is 4.41. The van der Waals surface area contributed by atoms with Gasteiger partial charge in [-0.05, 0) is 49.9 Å². The molecule has 0 atom stereocenters. The molecule has 0 aromatic heterocycles. The van der Waals surface area contributed by atoms with E-state index in [4.69, 9.17) is 0 Å². The molecule has 2 aliphatic rings. The van der Waals surface area contributed by atoms with Gasteiger partial charge in [-0.25, -0.2) is 0 Å². The first-order chi connectivity index (χ1) is 15.5. The second kappa shape index (κ2) is 11.5. The van der Waals surface area contributed by atoms with Gasteiger partial charge < -0.3 is 0 Å². The summed E-state index contributed by atoms with van der Waals surface area (Å²) in [6.45, 7) is 1.02. The Morgan fingerprint density at radius 3 is 1.03 bits per heavy atom. The summed E-state index contributed by atoms with van der Waals surface area (Å²) in [4.78, 5) is 50.3. The molecule has 2 aliphatic heterocycles. The van der Waals surface area contributed by atoms with Gasteiger partial charge in [-0.1, -0.05) is 56.1 Å². The van der Waals surface area contributed by atoms with Crippen molar-refractivity contribution in [1.29, 1.82) is 0 Å². The van der Waals surface area contributed by atoms with E-state index in [-0.39, 0.29) is 23.6 Å². The molecule has 0 spiro atoms. The quantitative estimate of drug-likeness (QED) is 0.260. The lowest BCUT2D eigenvalue weighted by atomic mass is 10.1. The first-order valence-corrected chi connectivity index (χ1v) is 12.8. The molecule has 0 aliphatic carbocycles.